The number of benzene rings is 1. The van der Waals surface area contributed by atoms with Crippen molar-refractivity contribution in [2.75, 3.05) is 59.0 Å². The summed E-state index contributed by atoms with van der Waals surface area (Å²) in [5, 5.41) is 3.40. The molecule has 0 amide bonds. The molecule has 0 aromatic heterocycles. The summed E-state index contributed by atoms with van der Waals surface area (Å²) in [7, 11) is 0. The summed E-state index contributed by atoms with van der Waals surface area (Å²) in [4.78, 5) is 9.52. The van der Waals surface area contributed by atoms with E-state index in [1.54, 1.807) is 0 Å². The van der Waals surface area contributed by atoms with Crippen LogP contribution >= 0.6 is 0 Å². The normalized spacial score (nSPS) is 16.6. The van der Waals surface area contributed by atoms with E-state index >= 15 is 0 Å². The summed E-state index contributed by atoms with van der Waals surface area (Å²) in [5.74, 6) is 1.02. The molecule has 1 fully saturated rings. The lowest BCUT2D eigenvalue weighted by atomic mass is 10.2. The van der Waals surface area contributed by atoms with E-state index in [9.17, 15) is 0 Å². The van der Waals surface area contributed by atoms with E-state index in [-0.39, 0.29) is 0 Å². The largest absolute Gasteiger partial charge is 0.380 e. The van der Waals surface area contributed by atoms with Crippen molar-refractivity contribution in [2.45, 2.75) is 13.8 Å². The second-order valence-corrected chi connectivity index (χ2v) is 6.03. The molecule has 0 radical (unpaired) electrons. The van der Waals surface area contributed by atoms with Gasteiger partial charge in [0.2, 0.25) is 0 Å². The minimum absolute atomic E-state index is 0.690. The monoisotopic (exact) mass is 344 g/mol. The number of rotatable bonds is 8. The Morgan fingerprint density at radius 2 is 1.92 bits per heavy atom. The Kier molecular flexibility index (Phi) is 9.08. The molecule has 1 N–H and O–H groups in total. The first-order valence-corrected chi connectivity index (χ1v) is 9.38. The van der Waals surface area contributed by atoms with E-state index in [0.717, 1.165) is 58.4 Å². The topological polar surface area (TPSA) is 40.1 Å². The third-order valence-corrected chi connectivity index (χ3v) is 4.18. The van der Waals surface area contributed by atoms with Crippen molar-refractivity contribution in [1.29, 1.82) is 0 Å². The maximum Gasteiger partial charge on any atom is 0.194 e. The Morgan fingerprint density at radius 3 is 2.60 bits per heavy atom. The van der Waals surface area contributed by atoms with E-state index in [1.807, 2.05) is 6.92 Å². The van der Waals surface area contributed by atoms with Crippen LogP contribution in [0.1, 0.15) is 19.4 Å². The number of nitrogens with one attached hydrogen (secondary N) is 1. The number of nitrogens with zero attached hydrogens (tertiary/aromatic N) is 3. The van der Waals surface area contributed by atoms with E-state index in [0.29, 0.717) is 6.61 Å². The van der Waals surface area contributed by atoms with E-state index < -0.39 is 0 Å². The van der Waals surface area contributed by atoms with Crippen LogP contribution in [0.2, 0.25) is 0 Å². The zero-order valence-electron chi connectivity index (χ0n) is 15.7. The Morgan fingerprint density at radius 1 is 1.16 bits per heavy atom. The Balaban J connectivity index is 1.75. The number of piperazine rings is 1. The average molecular weight is 345 g/mol. The van der Waals surface area contributed by atoms with Crippen LogP contribution in [-0.4, -0.2) is 74.8 Å². The van der Waals surface area contributed by atoms with Crippen molar-refractivity contribution < 1.29 is 4.74 Å². The van der Waals surface area contributed by atoms with Crippen molar-refractivity contribution >= 4 is 12.0 Å². The summed E-state index contributed by atoms with van der Waals surface area (Å²) < 4.78 is 5.38. The van der Waals surface area contributed by atoms with Gasteiger partial charge in [0.05, 0.1) is 13.2 Å². The zero-order valence-corrected chi connectivity index (χ0v) is 15.7. The molecule has 0 spiro atoms. The predicted octanol–water partition coefficient (Wildman–Crippen LogP) is 2.32. The maximum atomic E-state index is 5.38. The van der Waals surface area contributed by atoms with Gasteiger partial charge in [0.25, 0.3) is 0 Å². The molecule has 5 heteroatoms. The highest BCUT2D eigenvalue weighted by atomic mass is 16.5. The smallest absolute Gasteiger partial charge is 0.194 e. The van der Waals surface area contributed by atoms with Crippen LogP contribution in [0, 0.1) is 0 Å². The fourth-order valence-electron chi connectivity index (χ4n) is 2.83. The molecule has 0 bridgehead atoms. The average Bonchev–Trinajstić information content (AvgIpc) is 2.66. The molecular formula is C20H32N4O. The van der Waals surface area contributed by atoms with Crippen LogP contribution in [0.4, 0.5) is 0 Å². The lowest BCUT2D eigenvalue weighted by Crippen LogP contribution is -2.52. The van der Waals surface area contributed by atoms with Crippen LogP contribution in [0.5, 0.6) is 0 Å². The highest BCUT2D eigenvalue weighted by molar-refractivity contribution is 5.80. The third-order valence-electron chi connectivity index (χ3n) is 4.18. The molecular weight excluding hydrogens is 312 g/mol. The van der Waals surface area contributed by atoms with Crippen molar-refractivity contribution in [3.8, 4) is 0 Å². The molecule has 2 rings (SSSR count). The number of hydrogen-bond acceptors (Lipinski definition) is 3. The molecule has 0 saturated carbocycles. The molecule has 1 heterocycles. The number of ether oxygens (including phenoxy) is 1. The van der Waals surface area contributed by atoms with Gasteiger partial charge < -0.3 is 15.0 Å². The molecule has 138 valence electrons. The highest BCUT2D eigenvalue weighted by Gasteiger charge is 2.18. The van der Waals surface area contributed by atoms with Crippen molar-refractivity contribution in [3.63, 3.8) is 0 Å². The van der Waals surface area contributed by atoms with Crippen molar-refractivity contribution in [3.05, 3.63) is 42.0 Å². The molecule has 0 atom stereocenters. The van der Waals surface area contributed by atoms with Gasteiger partial charge in [-0.15, -0.1) is 0 Å². The number of guanidine groups is 1. The molecule has 1 aromatic carbocycles. The first-order valence-electron chi connectivity index (χ1n) is 9.38. The molecule has 0 aliphatic carbocycles. The minimum Gasteiger partial charge on any atom is -0.380 e. The van der Waals surface area contributed by atoms with Crippen molar-refractivity contribution in [1.82, 2.24) is 15.1 Å². The van der Waals surface area contributed by atoms with Gasteiger partial charge in [-0.1, -0.05) is 42.5 Å². The summed E-state index contributed by atoms with van der Waals surface area (Å²) in [5.41, 5.74) is 1.26. The van der Waals surface area contributed by atoms with Gasteiger partial charge in [-0.2, -0.15) is 0 Å². The van der Waals surface area contributed by atoms with Crippen LogP contribution in [0.15, 0.2) is 41.4 Å². The fraction of sp³-hybridized carbons (Fsp3) is 0.550. The first kappa shape index (κ1) is 19.5. The zero-order chi connectivity index (χ0) is 17.7. The molecule has 0 unspecified atom stereocenters. The maximum absolute atomic E-state index is 5.38. The Labute approximate surface area is 152 Å². The second kappa shape index (κ2) is 11.7. The van der Waals surface area contributed by atoms with Gasteiger partial charge in [-0.25, -0.2) is 0 Å². The summed E-state index contributed by atoms with van der Waals surface area (Å²) >= 11 is 0. The standard InChI is InChI=1S/C20H32N4O/c1-3-21-20(22-12-18-25-4-2)24-16-14-23(15-17-24)13-8-11-19-9-6-5-7-10-19/h5-11H,3-4,12-18H2,1-2H3,(H,21,22)/b11-8+. The Hall–Kier alpha value is -1.85. The number of hydrogen-bond donors (Lipinski definition) is 1. The molecule has 25 heavy (non-hydrogen) atoms. The molecule has 1 aromatic rings. The molecule has 1 aliphatic heterocycles. The quantitative estimate of drug-likeness (QED) is 0.446. The SMILES string of the molecule is CCNC(=NCCOCC)N1CCN(C/C=C/c2ccccc2)CC1. The lowest BCUT2D eigenvalue weighted by molar-refractivity contribution is 0.155. The van der Waals surface area contributed by atoms with Gasteiger partial charge in [0.1, 0.15) is 0 Å². The van der Waals surface area contributed by atoms with Crippen LogP contribution in [0.3, 0.4) is 0 Å². The van der Waals surface area contributed by atoms with E-state index in [2.05, 4.69) is 69.5 Å². The van der Waals surface area contributed by atoms with E-state index in [1.165, 1.54) is 5.56 Å². The van der Waals surface area contributed by atoms with Gasteiger partial charge >= 0.3 is 0 Å². The van der Waals surface area contributed by atoms with Gasteiger partial charge in [0.15, 0.2) is 5.96 Å². The van der Waals surface area contributed by atoms with Crippen molar-refractivity contribution in [2.24, 2.45) is 4.99 Å². The highest BCUT2D eigenvalue weighted by Crippen LogP contribution is 2.05. The van der Waals surface area contributed by atoms with Gasteiger partial charge in [0, 0.05) is 45.9 Å². The van der Waals surface area contributed by atoms with E-state index in [4.69, 9.17) is 4.74 Å². The third kappa shape index (κ3) is 7.28. The summed E-state index contributed by atoms with van der Waals surface area (Å²) in [6.07, 6.45) is 4.46. The molecule has 1 aliphatic rings. The fourth-order valence-corrected chi connectivity index (χ4v) is 2.83. The molecule has 1 saturated heterocycles. The van der Waals surface area contributed by atoms with Crippen LogP contribution < -0.4 is 5.32 Å². The van der Waals surface area contributed by atoms with Gasteiger partial charge in [-0.05, 0) is 19.4 Å². The van der Waals surface area contributed by atoms with Gasteiger partial charge in [-0.3, -0.25) is 9.89 Å². The Bertz CT molecular complexity index is 522. The molecule has 5 nitrogen and oxygen atoms in total. The predicted molar refractivity (Wildman–Crippen MR) is 106 cm³/mol. The summed E-state index contributed by atoms with van der Waals surface area (Å²) in [6, 6.07) is 10.5. The van der Waals surface area contributed by atoms with Crippen LogP contribution in [0.25, 0.3) is 6.08 Å². The minimum atomic E-state index is 0.690. The summed E-state index contributed by atoms with van der Waals surface area (Å²) in [6.45, 7) is 12.3. The first-order chi connectivity index (χ1) is 12.3. The number of aliphatic imine (C=N–C) groups is 1. The lowest BCUT2D eigenvalue weighted by Gasteiger charge is -2.36. The van der Waals surface area contributed by atoms with Crippen LogP contribution in [-0.2, 0) is 4.74 Å². The second-order valence-electron chi connectivity index (χ2n) is 6.03.